The molecular weight excluding hydrogens is 272 g/mol. The van der Waals surface area contributed by atoms with E-state index in [4.69, 9.17) is 17.3 Å². The molecule has 6 heteroatoms. The highest BCUT2D eigenvalue weighted by atomic mass is 35.5. The summed E-state index contributed by atoms with van der Waals surface area (Å²) in [5.74, 6) is 0. The fourth-order valence-electron chi connectivity index (χ4n) is 1.45. The molecule has 0 aliphatic carbocycles. The van der Waals surface area contributed by atoms with Crippen LogP contribution in [0.5, 0.6) is 0 Å². The van der Waals surface area contributed by atoms with Crippen LogP contribution in [0.25, 0.3) is 0 Å². The number of nitrogens with one attached hydrogen (secondary N) is 1. The van der Waals surface area contributed by atoms with E-state index >= 15 is 0 Å². The summed E-state index contributed by atoms with van der Waals surface area (Å²) >= 11 is 5.88. The van der Waals surface area contributed by atoms with Gasteiger partial charge in [-0.1, -0.05) is 29.8 Å². The van der Waals surface area contributed by atoms with Gasteiger partial charge < -0.3 is 5.73 Å². The molecule has 2 aromatic carbocycles. The summed E-state index contributed by atoms with van der Waals surface area (Å²) < 4.78 is 26.6. The Morgan fingerprint density at radius 3 is 2.33 bits per heavy atom. The van der Waals surface area contributed by atoms with Crippen molar-refractivity contribution in [2.24, 2.45) is 0 Å². The van der Waals surface area contributed by atoms with Crippen LogP contribution in [-0.2, 0) is 10.0 Å². The Bertz CT molecular complexity index is 657. The molecule has 0 spiro atoms. The molecule has 0 aliphatic heterocycles. The highest BCUT2D eigenvalue weighted by Crippen LogP contribution is 2.25. The second-order valence-corrected chi connectivity index (χ2v) is 5.72. The van der Waals surface area contributed by atoms with E-state index < -0.39 is 10.0 Å². The van der Waals surface area contributed by atoms with E-state index in [1.54, 1.807) is 30.3 Å². The van der Waals surface area contributed by atoms with Gasteiger partial charge in [0.15, 0.2) is 0 Å². The highest BCUT2D eigenvalue weighted by molar-refractivity contribution is 7.92. The zero-order chi connectivity index (χ0) is 13.2. The number of hydrogen-bond acceptors (Lipinski definition) is 3. The molecule has 0 aliphatic rings. The molecule has 0 aromatic heterocycles. The maximum Gasteiger partial charge on any atom is 0.263 e. The third-order valence-corrected chi connectivity index (χ3v) is 4.14. The molecule has 2 rings (SSSR count). The van der Waals surface area contributed by atoms with Crippen LogP contribution < -0.4 is 10.5 Å². The summed E-state index contributed by atoms with van der Waals surface area (Å²) in [6.07, 6.45) is 0. The molecule has 4 nitrogen and oxygen atoms in total. The molecule has 3 N–H and O–H groups in total. The number of sulfonamides is 1. The van der Waals surface area contributed by atoms with Crippen LogP contribution in [0.3, 0.4) is 0 Å². The molecule has 0 heterocycles. The molecule has 0 unspecified atom stereocenters. The maximum absolute atomic E-state index is 12.1. The summed E-state index contributed by atoms with van der Waals surface area (Å²) in [5, 5.41) is 0.0958. The lowest BCUT2D eigenvalue weighted by atomic mass is 10.3. The van der Waals surface area contributed by atoms with Crippen molar-refractivity contribution in [3.05, 3.63) is 53.6 Å². The number of benzene rings is 2. The van der Waals surface area contributed by atoms with Gasteiger partial charge in [-0.2, -0.15) is 0 Å². The van der Waals surface area contributed by atoms with Gasteiger partial charge in [0.1, 0.15) is 4.90 Å². The molecule has 94 valence electrons. The Labute approximate surface area is 110 Å². The van der Waals surface area contributed by atoms with Crippen molar-refractivity contribution in [2.75, 3.05) is 10.5 Å². The first-order valence-corrected chi connectivity index (χ1v) is 6.98. The fourth-order valence-corrected chi connectivity index (χ4v) is 3.06. The van der Waals surface area contributed by atoms with E-state index in [9.17, 15) is 8.42 Å². The van der Waals surface area contributed by atoms with E-state index in [0.29, 0.717) is 11.4 Å². The third-order valence-electron chi connectivity index (χ3n) is 2.27. The summed E-state index contributed by atoms with van der Waals surface area (Å²) in [5.41, 5.74) is 6.42. The number of anilines is 2. The molecule has 0 amide bonds. The van der Waals surface area contributed by atoms with E-state index in [-0.39, 0.29) is 9.92 Å². The molecule has 0 atom stereocenters. The summed E-state index contributed by atoms with van der Waals surface area (Å²) in [7, 11) is -3.70. The van der Waals surface area contributed by atoms with E-state index in [1.807, 2.05) is 0 Å². The van der Waals surface area contributed by atoms with Crippen LogP contribution in [0.1, 0.15) is 0 Å². The van der Waals surface area contributed by atoms with Gasteiger partial charge in [0, 0.05) is 11.4 Å². The van der Waals surface area contributed by atoms with Gasteiger partial charge in [-0.05, 0) is 30.3 Å². The molecule has 0 saturated heterocycles. The fraction of sp³-hybridized carbons (Fsp3) is 0. The molecule has 18 heavy (non-hydrogen) atoms. The lowest BCUT2D eigenvalue weighted by molar-refractivity contribution is 0.601. The second-order valence-electron chi connectivity index (χ2n) is 3.66. The van der Waals surface area contributed by atoms with E-state index in [0.717, 1.165) is 0 Å². The molecule has 0 radical (unpaired) electrons. The monoisotopic (exact) mass is 282 g/mol. The molecule has 0 saturated carbocycles. The van der Waals surface area contributed by atoms with Gasteiger partial charge >= 0.3 is 0 Å². The van der Waals surface area contributed by atoms with E-state index in [1.165, 1.54) is 18.2 Å². The highest BCUT2D eigenvalue weighted by Gasteiger charge is 2.17. The van der Waals surface area contributed by atoms with Crippen molar-refractivity contribution in [2.45, 2.75) is 4.90 Å². The number of rotatable bonds is 3. The predicted octanol–water partition coefficient (Wildman–Crippen LogP) is 2.72. The minimum absolute atomic E-state index is 0.00206. The van der Waals surface area contributed by atoms with Crippen molar-refractivity contribution < 1.29 is 8.42 Å². The Kier molecular flexibility index (Phi) is 3.45. The lowest BCUT2D eigenvalue weighted by Gasteiger charge is -2.09. The Hall–Kier alpha value is -1.72. The second kappa shape index (κ2) is 4.88. The van der Waals surface area contributed by atoms with E-state index in [2.05, 4.69) is 4.72 Å². The normalized spacial score (nSPS) is 11.2. The Balaban J connectivity index is 2.37. The third kappa shape index (κ3) is 2.75. The quantitative estimate of drug-likeness (QED) is 0.850. The van der Waals surface area contributed by atoms with Gasteiger partial charge in [-0.25, -0.2) is 8.42 Å². The van der Waals surface area contributed by atoms with Crippen molar-refractivity contribution >= 4 is 33.0 Å². The number of nitrogens with two attached hydrogens (primary N) is 1. The first-order chi connectivity index (χ1) is 8.49. The van der Waals surface area contributed by atoms with Crippen molar-refractivity contribution in [1.82, 2.24) is 0 Å². The molecular formula is C12H11ClN2O2S. The van der Waals surface area contributed by atoms with Crippen LogP contribution >= 0.6 is 11.6 Å². The Morgan fingerprint density at radius 2 is 1.72 bits per heavy atom. The smallest absolute Gasteiger partial charge is 0.263 e. The molecule has 0 bridgehead atoms. The van der Waals surface area contributed by atoms with Gasteiger partial charge in [0.05, 0.1) is 5.02 Å². The van der Waals surface area contributed by atoms with Crippen LogP contribution in [0.2, 0.25) is 5.02 Å². The zero-order valence-electron chi connectivity index (χ0n) is 9.30. The number of halogens is 1. The van der Waals surface area contributed by atoms with Crippen LogP contribution in [0.4, 0.5) is 11.4 Å². The summed E-state index contributed by atoms with van der Waals surface area (Å²) in [4.78, 5) is 0.00206. The van der Waals surface area contributed by atoms with Crippen molar-refractivity contribution in [1.29, 1.82) is 0 Å². The minimum Gasteiger partial charge on any atom is -0.399 e. The van der Waals surface area contributed by atoms with Crippen molar-refractivity contribution in [3.63, 3.8) is 0 Å². The average Bonchev–Trinajstić information content (AvgIpc) is 2.29. The summed E-state index contributed by atoms with van der Waals surface area (Å²) in [6.45, 7) is 0. The van der Waals surface area contributed by atoms with Crippen LogP contribution in [-0.4, -0.2) is 8.42 Å². The van der Waals surface area contributed by atoms with Crippen LogP contribution in [0, 0.1) is 0 Å². The molecule has 0 fully saturated rings. The van der Waals surface area contributed by atoms with Gasteiger partial charge in [0.2, 0.25) is 0 Å². The van der Waals surface area contributed by atoms with Gasteiger partial charge in [-0.15, -0.1) is 0 Å². The lowest BCUT2D eigenvalue weighted by Crippen LogP contribution is -2.13. The Morgan fingerprint density at radius 1 is 1.06 bits per heavy atom. The van der Waals surface area contributed by atoms with Gasteiger partial charge in [-0.3, -0.25) is 4.72 Å². The zero-order valence-corrected chi connectivity index (χ0v) is 10.9. The van der Waals surface area contributed by atoms with Crippen molar-refractivity contribution in [3.8, 4) is 0 Å². The van der Waals surface area contributed by atoms with Crippen LogP contribution in [0.15, 0.2) is 53.4 Å². The number of nitrogen functional groups attached to an aromatic ring is 1. The topological polar surface area (TPSA) is 72.2 Å². The standard InChI is InChI=1S/C12H11ClN2O2S/c13-11-8-9(14)6-7-12(11)18(16,17)15-10-4-2-1-3-5-10/h1-8,15H,14H2. The first kappa shape index (κ1) is 12.7. The number of para-hydroxylation sites is 1. The minimum atomic E-state index is -3.70. The average molecular weight is 283 g/mol. The largest absolute Gasteiger partial charge is 0.399 e. The predicted molar refractivity (Wildman–Crippen MR) is 73.1 cm³/mol. The SMILES string of the molecule is Nc1ccc(S(=O)(=O)Nc2ccccc2)c(Cl)c1. The first-order valence-electron chi connectivity index (χ1n) is 5.12. The summed E-state index contributed by atoms with van der Waals surface area (Å²) in [6, 6.07) is 12.9. The number of hydrogen-bond donors (Lipinski definition) is 2. The van der Waals surface area contributed by atoms with Gasteiger partial charge in [0.25, 0.3) is 10.0 Å². The maximum atomic E-state index is 12.1. The molecule has 2 aromatic rings.